The summed E-state index contributed by atoms with van der Waals surface area (Å²) in [6.07, 6.45) is 12.4. The summed E-state index contributed by atoms with van der Waals surface area (Å²) in [7, 11) is 0. The van der Waals surface area contributed by atoms with Crippen molar-refractivity contribution in [3.05, 3.63) is 47.2 Å². The lowest BCUT2D eigenvalue weighted by Crippen LogP contribution is -2.45. The monoisotopic (exact) mass is 400 g/mol. The van der Waals surface area contributed by atoms with Gasteiger partial charge in [0.15, 0.2) is 0 Å². The Hall–Kier alpha value is -2.30. The van der Waals surface area contributed by atoms with Crippen molar-refractivity contribution in [3.8, 4) is 0 Å². The number of amides is 2. The normalized spacial score (nSPS) is 16.3. The summed E-state index contributed by atoms with van der Waals surface area (Å²) >= 11 is 0. The molecule has 5 nitrogen and oxygen atoms in total. The second-order valence-electron chi connectivity index (χ2n) is 7.80. The quantitative estimate of drug-likeness (QED) is 0.326. The minimum atomic E-state index is -0.481. The number of unbranched alkanes of at least 4 members (excludes halogenated alkanes) is 9. The molecule has 0 aliphatic carbocycles. The summed E-state index contributed by atoms with van der Waals surface area (Å²) in [5.41, 5.74) is 1.89. The third kappa shape index (κ3) is 7.92. The Kier molecular flexibility index (Phi) is 10.3. The van der Waals surface area contributed by atoms with Gasteiger partial charge in [-0.3, -0.25) is 0 Å². The van der Waals surface area contributed by atoms with E-state index in [1.54, 1.807) is 6.92 Å². The Bertz CT molecular complexity index is 670. The molecule has 2 amide bonds. The molecule has 0 fully saturated rings. The van der Waals surface area contributed by atoms with Crippen LogP contribution in [0.5, 0.6) is 0 Å². The Labute approximate surface area is 175 Å². The Morgan fingerprint density at radius 3 is 2.14 bits per heavy atom. The molecule has 0 radical (unpaired) electrons. The van der Waals surface area contributed by atoms with Gasteiger partial charge in [-0.15, -0.1) is 0 Å². The van der Waals surface area contributed by atoms with E-state index in [0.717, 1.165) is 18.4 Å². The second-order valence-corrected chi connectivity index (χ2v) is 7.80. The lowest BCUT2D eigenvalue weighted by molar-refractivity contribution is -0.139. The molecule has 1 unspecified atom stereocenters. The van der Waals surface area contributed by atoms with Crippen molar-refractivity contribution in [2.75, 3.05) is 6.61 Å². The largest absolute Gasteiger partial charge is 0.462 e. The summed E-state index contributed by atoms with van der Waals surface area (Å²) in [6.45, 7) is 4.40. The van der Waals surface area contributed by atoms with Crippen LogP contribution in [0.3, 0.4) is 0 Å². The van der Waals surface area contributed by atoms with E-state index in [4.69, 9.17) is 4.74 Å². The molecular weight excluding hydrogens is 364 g/mol. The molecule has 160 valence electrons. The number of carbonyl (C=O) groups excluding carboxylic acids is 2. The first kappa shape index (κ1) is 23.0. The van der Waals surface area contributed by atoms with Crippen molar-refractivity contribution in [2.45, 2.75) is 84.1 Å². The van der Waals surface area contributed by atoms with Crippen LogP contribution in [-0.4, -0.2) is 18.6 Å². The predicted molar refractivity (Wildman–Crippen MR) is 116 cm³/mol. The van der Waals surface area contributed by atoms with Crippen LogP contribution in [0.1, 0.15) is 89.7 Å². The molecular formula is C24H36N2O3. The summed E-state index contributed by atoms with van der Waals surface area (Å²) in [5, 5.41) is 5.51. The SMILES string of the molecule is CCCCCCCCCCCCOC(=O)C1=C(C)NC(=O)NC1c1ccccc1. The molecule has 1 aromatic carbocycles. The van der Waals surface area contributed by atoms with Crippen LogP contribution >= 0.6 is 0 Å². The third-order valence-electron chi connectivity index (χ3n) is 5.35. The number of carbonyl (C=O) groups is 2. The summed E-state index contributed by atoms with van der Waals surface area (Å²) < 4.78 is 5.52. The van der Waals surface area contributed by atoms with Crippen LogP contribution in [0.25, 0.3) is 0 Å². The van der Waals surface area contributed by atoms with Crippen molar-refractivity contribution < 1.29 is 14.3 Å². The average Bonchev–Trinajstić information content (AvgIpc) is 2.72. The number of hydrogen-bond acceptors (Lipinski definition) is 3. The Morgan fingerprint density at radius 2 is 1.52 bits per heavy atom. The number of ether oxygens (including phenoxy) is 1. The molecule has 1 aliphatic heterocycles. The molecule has 0 aromatic heterocycles. The van der Waals surface area contributed by atoms with Crippen LogP contribution in [0.15, 0.2) is 41.6 Å². The van der Waals surface area contributed by atoms with E-state index < -0.39 is 6.04 Å². The zero-order chi connectivity index (χ0) is 20.9. The average molecular weight is 401 g/mol. The van der Waals surface area contributed by atoms with Gasteiger partial charge in [0.25, 0.3) is 0 Å². The molecule has 2 N–H and O–H groups in total. The highest BCUT2D eigenvalue weighted by Crippen LogP contribution is 2.27. The van der Waals surface area contributed by atoms with Crippen LogP contribution < -0.4 is 10.6 Å². The van der Waals surface area contributed by atoms with Gasteiger partial charge >= 0.3 is 12.0 Å². The predicted octanol–water partition coefficient (Wildman–Crippen LogP) is 5.78. The smallest absolute Gasteiger partial charge is 0.338 e. The number of rotatable bonds is 13. The molecule has 0 bridgehead atoms. The van der Waals surface area contributed by atoms with E-state index in [0.29, 0.717) is 17.9 Å². The van der Waals surface area contributed by atoms with Gasteiger partial charge < -0.3 is 15.4 Å². The third-order valence-corrected chi connectivity index (χ3v) is 5.35. The molecule has 0 saturated carbocycles. The lowest BCUT2D eigenvalue weighted by atomic mass is 9.96. The molecule has 1 heterocycles. The van der Waals surface area contributed by atoms with Gasteiger partial charge in [0.2, 0.25) is 0 Å². The zero-order valence-electron chi connectivity index (χ0n) is 18.0. The molecule has 1 aliphatic rings. The van der Waals surface area contributed by atoms with Crippen molar-refractivity contribution >= 4 is 12.0 Å². The number of benzene rings is 1. The highest BCUT2D eigenvalue weighted by atomic mass is 16.5. The van der Waals surface area contributed by atoms with Gasteiger partial charge in [0.05, 0.1) is 18.2 Å². The lowest BCUT2D eigenvalue weighted by Gasteiger charge is -2.28. The molecule has 1 aromatic rings. The maximum absolute atomic E-state index is 12.7. The van der Waals surface area contributed by atoms with Crippen LogP contribution in [0, 0.1) is 0 Å². The molecule has 1 atom stereocenters. The first-order chi connectivity index (χ1) is 14.1. The highest BCUT2D eigenvalue weighted by molar-refractivity contribution is 5.95. The van der Waals surface area contributed by atoms with Gasteiger partial charge in [0, 0.05) is 5.70 Å². The van der Waals surface area contributed by atoms with Crippen LogP contribution in [0.2, 0.25) is 0 Å². The van der Waals surface area contributed by atoms with E-state index in [-0.39, 0.29) is 12.0 Å². The summed E-state index contributed by atoms with van der Waals surface area (Å²) in [4.78, 5) is 24.6. The number of nitrogens with one attached hydrogen (secondary N) is 2. The first-order valence-corrected chi connectivity index (χ1v) is 11.1. The van der Waals surface area contributed by atoms with Crippen molar-refractivity contribution in [3.63, 3.8) is 0 Å². The molecule has 0 spiro atoms. The van der Waals surface area contributed by atoms with Gasteiger partial charge in [-0.1, -0.05) is 95.0 Å². The minimum Gasteiger partial charge on any atom is -0.462 e. The van der Waals surface area contributed by atoms with E-state index in [2.05, 4.69) is 17.6 Å². The fourth-order valence-corrected chi connectivity index (χ4v) is 3.69. The fraction of sp³-hybridized carbons (Fsp3) is 0.583. The van der Waals surface area contributed by atoms with Gasteiger partial charge in [0.1, 0.15) is 0 Å². The van der Waals surface area contributed by atoms with Crippen LogP contribution in [-0.2, 0) is 9.53 Å². The van der Waals surface area contributed by atoms with Gasteiger partial charge in [-0.05, 0) is 18.9 Å². The summed E-state index contributed by atoms with van der Waals surface area (Å²) in [5.74, 6) is -0.361. The number of urea groups is 1. The van der Waals surface area contributed by atoms with E-state index in [1.165, 1.54) is 51.4 Å². The molecule has 5 heteroatoms. The number of esters is 1. The van der Waals surface area contributed by atoms with E-state index >= 15 is 0 Å². The van der Waals surface area contributed by atoms with Gasteiger partial charge in [-0.2, -0.15) is 0 Å². The Morgan fingerprint density at radius 1 is 0.931 bits per heavy atom. The van der Waals surface area contributed by atoms with E-state index in [9.17, 15) is 9.59 Å². The van der Waals surface area contributed by atoms with Crippen LogP contribution in [0.4, 0.5) is 4.79 Å². The second kappa shape index (κ2) is 13.0. The van der Waals surface area contributed by atoms with Gasteiger partial charge in [-0.25, -0.2) is 9.59 Å². The first-order valence-electron chi connectivity index (χ1n) is 11.1. The fourth-order valence-electron chi connectivity index (χ4n) is 3.69. The van der Waals surface area contributed by atoms with Crippen molar-refractivity contribution in [2.24, 2.45) is 0 Å². The zero-order valence-corrected chi connectivity index (χ0v) is 18.0. The minimum absolute atomic E-state index is 0.303. The number of allylic oxidation sites excluding steroid dienone is 1. The maximum atomic E-state index is 12.7. The molecule has 0 saturated heterocycles. The van der Waals surface area contributed by atoms with E-state index in [1.807, 2.05) is 30.3 Å². The Balaban J connectivity index is 1.72. The van der Waals surface area contributed by atoms with Crippen molar-refractivity contribution in [1.82, 2.24) is 10.6 Å². The molecule has 29 heavy (non-hydrogen) atoms. The van der Waals surface area contributed by atoms with Crippen molar-refractivity contribution in [1.29, 1.82) is 0 Å². The highest BCUT2D eigenvalue weighted by Gasteiger charge is 2.31. The standard InChI is InChI=1S/C24H36N2O3/c1-3-4-5-6-7-8-9-10-11-15-18-29-23(27)21-19(2)25-24(28)26-22(21)20-16-13-12-14-17-20/h12-14,16-17,22H,3-11,15,18H2,1-2H3,(H2,25,26,28). The summed E-state index contributed by atoms with van der Waals surface area (Å²) in [6, 6.07) is 8.72. The molecule has 2 rings (SSSR count). The maximum Gasteiger partial charge on any atom is 0.338 e. The topological polar surface area (TPSA) is 67.4 Å². The number of hydrogen-bond donors (Lipinski definition) is 2.